The summed E-state index contributed by atoms with van der Waals surface area (Å²) in [6.45, 7) is 8.26. The predicted octanol–water partition coefficient (Wildman–Crippen LogP) is 3.73. The number of hydrogen-bond donors (Lipinski definition) is 0. The second kappa shape index (κ2) is 5.91. The molecule has 2 aliphatic rings. The van der Waals surface area contributed by atoms with Gasteiger partial charge in [0.05, 0.1) is 17.8 Å². The van der Waals surface area contributed by atoms with Crippen LogP contribution in [0.3, 0.4) is 0 Å². The van der Waals surface area contributed by atoms with Crippen LogP contribution < -0.4 is 4.74 Å². The van der Waals surface area contributed by atoms with Crippen molar-refractivity contribution in [3.05, 3.63) is 35.7 Å². The monoisotopic (exact) mass is 319 g/mol. The number of nitrogens with zero attached hydrogens (tertiary/aromatic N) is 1. The van der Waals surface area contributed by atoms with Gasteiger partial charge in [0, 0.05) is 18.2 Å². The third-order valence-corrected chi connectivity index (χ3v) is 4.97. The van der Waals surface area contributed by atoms with Gasteiger partial charge in [-0.05, 0) is 52.2 Å². The third-order valence-electron chi connectivity index (χ3n) is 4.97. The van der Waals surface area contributed by atoms with E-state index in [-0.39, 0.29) is 5.73 Å². The average Bonchev–Trinajstić information content (AvgIpc) is 2.66. The smallest absolute Gasteiger partial charge is 0.477 e. The minimum Gasteiger partial charge on any atom is -0.477 e. The molecule has 3 rings (SSSR count). The molecule has 1 aromatic rings. The van der Waals surface area contributed by atoms with Crippen molar-refractivity contribution in [3.63, 3.8) is 0 Å². The van der Waals surface area contributed by atoms with E-state index < -0.39 is 18.3 Å². The molecule has 0 aromatic carbocycles. The fourth-order valence-corrected chi connectivity index (χ4v) is 2.70. The summed E-state index contributed by atoms with van der Waals surface area (Å²) in [4.78, 5) is 4.11. The molecular weight excluding hydrogens is 296 g/mol. The highest BCUT2D eigenvalue weighted by atomic mass is 19.1. The van der Waals surface area contributed by atoms with E-state index in [1.54, 1.807) is 6.20 Å². The summed E-state index contributed by atoms with van der Waals surface area (Å²) in [6.07, 6.45) is 3.06. The molecule has 4 nitrogen and oxygen atoms in total. The Morgan fingerprint density at radius 2 is 1.91 bits per heavy atom. The molecule has 6 heteroatoms. The zero-order valence-electron chi connectivity index (χ0n) is 14.1. The Morgan fingerprint density at radius 3 is 2.48 bits per heavy atom. The maximum atomic E-state index is 14.6. The van der Waals surface area contributed by atoms with Crippen molar-refractivity contribution in [1.29, 1.82) is 0 Å². The molecule has 0 bridgehead atoms. The number of ether oxygens (including phenoxy) is 1. The fraction of sp³-hybridized carbons (Fsp3) is 0.588. The largest absolute Gasteiger partial charge is 0.525 e. The van der Waals surface area contributed by atoms with Gasteiger partial charge in [-0.15, -0.1) is 0 Å². The van der Waals surface area contributed by atoms with E-state index in [0.717, 1.165) is 5.57 Å². The van der Waals surface area contributed by atoms with Crippen LogP contribution in [0.4, 0.5) is 4.39 Å². The lowest BCUT2D eigenvalue weighted by molar-refractivity contribution is 0.00578. The molecule has 23 heavy (non-hydrogen) atoms. The molecule has 0 N–H and O–H groups in total. The van der Waals surface area contributed by atoms with Crippen molar-refractivity contribution < 1.29 is 18.4 Å². The van der Waals surface area contributed by atoms with Crippen LogP contribution in [0.5, 0.6) is 5.88 Å². The fourth-order valence-electron chi connectivity index (χ4n) is 2.70. The minimum absolute atomic E-state index is 0.266. The molecule has 0 unspecified atom stereocenters. The first-order valence-corrected chi connectivity index (χ1v) is 8.05. The van der Waals surface area contributed by atoms with E-state index in [4.69, 9.17) is 14.0 Å². The molecular formula is C17H23BFNO3. The van der Waals surface area contributed by atoms with Crippen LogP contribution in [0.2, 0.25) is 0 Å². The Labute approximate surface area is 137 Å². The van der Waals surface area contributed by atoms with E-state index in [1.165, 1.54) is 0 Å². The first-order valence-electron chi connectivity index (χ1n) is 8.05. The molecule has 0 amide bonds. The number of halogens is 1. The van der Waals surface area contributed by atoms with Gasteiger partial charge in [-0.1, -0.05) is 6.07 Å². The molecule has 0 atom stereocenters. The Bertz CT molecular complexity index is 579. The van der Waals surface area contributed by atoms with Crippen molar-refractivity contribution in [3.8, 4) is 5.88 Å². The van der Waals surface area contributed by atoms with Gasteiger partial charge in [0.25, 0.3) is 0 Å². The van der Waals surface area contributed by atoms with Gasteiger partial charge in [-0.2, -0.15) is 0 Å². The molecule has 0 radical (unpaired) electrons. The quantitative estimate of drug-likeness (QED) is 0.793. The predicted molar refractivity (Wildman–Crippen MR) is 86.7 cm³/mol. The lowest BCUT2D eigenvalue weighted by atomic mass is 9.73. The van der Waals surface area contributed by atoms with Gasteiger partial charge in [0.15, 0.2) is 0 Å². The van der Waals surface area contributed by atoms with Crippen molar-refractivity contribution in [2.24, 2.45) is 5.92 Å². The maximum Gasteiger partial charge on any atom is 0.525 e. The molecule has 1 aliphatic heterocycles. The third kappa shape index (κ3) is 3.28. The minimum atomic E-state index is -0.882. The Kier molecular flexibility index (Phi) is 4.23. The first-order chi connectivity index (χ1) is 10.8. The maximum absolute atomic E-state index is 14.6. The van der Waals surface area contributed by atoms with Crippen molar-refractivity contribution >= 4 is 7.12 Å². The van der Waals surface area contributed by atoms with Crippen LogP contribution in [-0.2, 0) is 9.31 Å². The number of rotatable bonds is 4. The van der Waals surface area contributed by atoms with Crippen molar-refractivity contribution in [2.75, 3.05) is 6.61 Å². The van der Waals surface area contributed by atoms with Crippen molar-refractivity contribution in [1.82, 2.24) is 4.98 Å². The summed E-state index contributed by atoms with van der Waals surface area (Å²) in [5.41, 5.74) is -0.516. The van der Waals surface area contributed by atoms with E-state index in [2.05, 4.69) is 4.98 Å². The number of aromatic nitrogens is 1. The van der Waals surface area contributed by atoms with Gasteiger partial charge >= 0.3 is 7.12 Å². The van der Waals surface area contributed by atoms with Gasteiger partial charge in [0.1, 0.15) is 5.73 Å². The van der Waals surface area contributed by atoms with Crippen LogP contribution >= 0.6 is 0 Å². The topological polar surface area (TPSA) is 40.6 Å². The molecule has 1 saturated heterocycles. The summed E-state index contributed by atoms with van der Waals surface area (Å²) in [7, 11) is -0.882. The first kappa shape index (κ1) is 16.5. The molecule has 1 aromatic heterocycles. The van der Waals surface area contributed by atoms with Crippen molar-refractivity contribution in [2.45, 2.75) is 51.7 Å². The van der Waals surface area contributed by atoms with Crippen LogP contribution in [0.15, 0.2) is 35.7 Å². The lowest BCUT2D eigenvalue weighted by Gasteiger charge is -2.32. The molecule has 2 heterocycles. The number of pyridine rings is 1. The van der Waals surface area contributed by atoms with Gasteiger partial charge in [0.2, 0.25) is 5.88 Å². The second-order valence-corrected chi connectivity index (χ2v) is 7.29. The highest BCUT2D eigenvalue weighted by Crippen LogP contribution is 2.43. The summed E-state index contributed by atoms with van der Waals surface area (Å²) < 4.78 is 31.7. The number of allylic oxidation sites excluding steroid dienone is 1. The van der Waals surface area contributed by atoms with Gasteiger partial charge in [-0.25, -0.2) is 9.37 Å². The second-order valence-electron chi connectivity index (χ2n) is 7.29. The summed E-state index contributed by atoms with van der Waals surface area (Å²) in [6, 6.07) is 5.55. The number of hydrogen-bond acceptors (Lipinski definition) is 4. The van der Waals surface area contributed by atoms with Crippen LogP contribution in [-0.4, -0.2) is 29.9 Å². The lowest BCUT2D eigenvalue weighted by Crippen LogP contribution is -2.41. The molecule has 124 valence electrons. The normalized spacial score (nSPS) is 25.2. The van der Waals surface area contributed by atoms with E-state index in [0.29, 0.717) is 31.2 Å². The zero-order valence-corrected chi connectivity index (χ0v) is 14.1. The molecule has 2 fully saturated rings. The SMILES string of the molecule is CC1(C)OB(C(F)=C2CC(COc3ccccn3)C2)OC1(C)C. The van der Waals surface area contributed by atoms with E-state index >= 15 is 0 Å². The standard InChI is InChI=1S/C17H23BFNO3/c1-16(2)17(3,4)23-18(22-16)15(19)13-9-12(10-13)11-21-14-7-5-6-8-20-14/h5-8,12H,9-11H2,1-4H3. The molecule has 1 saturated carbocycles. The van der Waals surface area contributed by atoms with Gasteiger partial charge in [-0.3, -0.25) is 0 Å². The Hall–Kier alpha value is -1.40. The Morgan fingerprint density at radius 1 is 1.26 bits per heavy atom. The van der Waals surface area contributed by atoms with Crippen LogP contribution in [0, 0.1) is 5.92 Å². The van der Waals surface area contributed by atoms with Crippen LogP contribution in [0.25, 0.3) is 0 Å². The highest BCUT2D eigenvalue weighted by Gasteiger charge is 2.54. The summed E-state index contributed by atoms with van der Waals surface area (Å²) in [5, 5.41) is 0. The summed E-state index contributed by atoms with van der Waals surface area (Å²) in [5.74, 6) is 0.927. The highest BCUT2D eigenvalue weighted by molar-refractivity contribution is 6.53. The molecule has 1 aliphatic carbocycles. The summed E-state index contributed by atoms with van der Waals surface area (Å²) >= 11 is 0. The van der Waals surface area contributed by atoms with E-state index in [1.807, 2.05) is 45.9 Å². The van der Waals surface area contributed by atoms with Crippen LogP contribution in [0.1, 0.15) is 40.5 Å². The molecule has 0 spiro atoms. The average molecular weight is 319 g/mol. The Balaban J connectivity index is 1.53. The zero-order chi connectivity index (χ0) is 16.7. The van der Waals surface area contributed by atoms with E-state index in [9.17, 15) is 4.39 Å². The van der Waals surface area contributed by atoms with Gasteiger partial charge < -0.3 is 14.0 Å².